The number of hydrogen-bond acceptors (Lipinski definition) is 5. The van der Waals surface area contributed by atoms with E-state index < -0.39 is 0 Å². The summed E-state index contributed by atoms with van der Waals surface area (Å²) >= 11 is 1.46. The van der Waals surface area contributed by atoms with E-state index in [0.29, 0.717) is 29.6 Å². The summed E-state index contributed by atoms with van der Waals surface area (Å²) in [5.41, 5.74) is 2.34. The fraction of sp³-hybridized carbons (Fsp3) is 0.312. The fourth-order valence-corrected chi connectivity index (χ4v) is 3.08. The van der Waals surface area contributed by atoms with Crippen LogP contribution in [0.5, 0.6) is 5.75 Å². The topological polar surface area (TPSA) is 80.3 Å². The number of anilines is 2. The molecule has 0 saturated heterocycles. The highest BCUT2D eigenvalue weighted by molar-refractivity contribution is 7.15. The van der Waals surface area contributed by atoms with E-state index >= 15 is 0 Å². The third kappa shape index (κ3) is 3.68. The zero-order valence-electron chi connectivity index (χ0n) is 12.9. The van der Waals surface area contributed by atoms with Crippen LogP contribution in [0.1, 0.15) is 22.6 Å². The molecule has 120 valence electrons. The molecular formula is C16H17N3O3S. The van der Waals surface area contributed by atoms with Gasteiger partial charge in [-0.25, -0.2) is 4.98 Å². The average Bonchev–Trinajstić information content (AvgIpc) is 2.68. The van der Waals surface area contributed by atoms with Crippen LogP contribution in [0.3, 0.4) is 0 Å². The Kier molecular flexibility index (Phi) is 4.29. The van der Waals surface area contributed by atoms with E-state index in [1.54, 1.807) is 12.1 Å². The van der Waals surface area contributed by atoms with E-state index in [1.165, 1.54) is 11.3 Å². The van der Waals surface area contributed by atoms with Crippen molar-refractivity contribution in [3.8, 4) is 5.75 Å². The Labute approximate surface area is 137 Å². The van der Waals surface area contributed by atoms with E-state index in [-0.39, 0.29) is 18.2 Å². The van der Waals surface area contributed by atoms with Crippen LogP contribution in [0.2, 0.25) is 0 Å². The maximum absolute atomic E-state index is 12.1. The number of nitrogens with one attached hydrogen (secondary N) is 2. The molecule has 0 fully saturated rings. The second kappa shape index (κ2) is 6.37. The molecule has 0 aliphatic carbocycles. The van der Waals surface area contributed by atoms with Gasteiger partial charge in [-0.1, -0.05) is 6.07 Å². The zero-order valence-corrected chi connectivity index (χ0v) is 13.8. The van der Waals surface area contributed by atoms with Crippen molar-refractivity contribution >= 4 is 34.0 Å². The normalized spacial score (nSPS) is 13.6. The first-order valence-electron chi connectivity index (χ1n) is 7.31. The SMILES string of the molecule is Cc1nc(NC(=O)Cc2ccc3c(c2)NC(=O)CCO3)sc1C. The maximum atomic E-state index is 12.1. The van der Waals surface area contributed by atoms with Crippen LogP contribution in [0.25, 0.3) is 0 Å². The molecule has 3 rings (SSSR count). The number of ether oxygens (including phenoxy) is 1. The Hall–Kier alpha value is -2.41. The Balaban J connectivity index is 1.70. The van der Waals surface area contributed by atoms with E-state index in [9.17, 15) is 9.59 Å². The van der Waals surface area contributed by atoms with Crippen molar-refractivity contribution in [2.45, 2.75) is 26.7 Å². The van der Waals surface area contributed by atoms with Crippen molar-refractivity contribution in [3.63, 3.8) is 0 Å². The van der Waals surface area contributed by atoms with Crippen molar-refractivity contribution in [1.29, 1.82) is 0 Å². The molecule has 0 spiro atoms. The number of nitrogens with zero attached hydrogens (tertiary/aromatic N) is 1. The van der Waals surface area contributed by atoms with Gasteiger partial charge in [-0.05, 0) is 31.5 Å². The van der Waals surface area contributed by atoms with Gasteiger partial charge in [0.25, 0.3) is 0 Å². The molecule has 2 N–H and O–H groups in total. The number of aromatic nitrogens is 1. The van der Waals surface area contributed by atoms with E-state index in [0.717, 1.165) is 16.1 Å². The molecule has 0 unspecified atom stereocenters. The minimum Gasteiger partial charge on any atom is -0.491 e. The van der Waals surface area contributed by atoms with Crippen molar-refractivity contribution < 1.29 is 14.3 Å². The third-order valence-electron chi connectivity index (χ3n) is 3.54. The second-order valence-corrected chi connectivity index (χ2v) is 6.57. The van der Waals surface area contributed by atoms with Crippen LogP contribution in [-0.4, -0.2) is 23.4 Å². The van der Waals surface area contributed by atoms with Gasteiger partial charge in [-0.2, -0.15) is 0 Å². The van der Waals surface area contributed by atoms with E-state index in [4.69, 9.17) is 4.74 Å². The van der Waals surface area contributed by atoms with Gasteiger partial charge in [-0.15, -0.1) is 11.3 Å². The van der Waals surface area contributed by atoms with Crippen molar-refractivity contribution in [3.05, 3.63) is 34.3 Å². The molecule has 7 heteroatoms. The van der Waals surface area contributed by atoms with Crippen molar-refractivity contribution in [2.75, 3.05) is 17.2 Å². The summed E-state index contributed by atoms with van der Waals surface area (Å²) in [6.07, 6.45) is 0.536. The van der Waals surface area contributed by atoms with Crippen LogP contribution >= 0.6 is 11.3 Å². The lowest BCUT2D eigenvalue weighted by molar-refractivity contribution is -0.116. The number of carbonyl (C=O) groups excluding carboxylic acids is 2. The summed E-state index contributed by atoms with van der Waals surface area (Å²) in [6, 6.07) is 5.38. The highest BCUT2D eigenvalue weighted by Gasteiger charge is 2.15. The van der Waals surface area contributed by atoms with Gasteiger partial charge in [0.15, 0.2) is 5.13 Å². The summed E-state index contributed by atoms with van der Waals surface area (Å²) in [5, 5.41) is 6.20. The lowest BCUT2D eigenvalue weighted by Crippen LogP contribution is -2.14. The lowest BCUT2D eigenvalue weighted by atomic mass is 10.1. The van der Waals surface area contributed by atoms with Crippen LogP contribution in [-0.2, 0) is 16.0 Å². The van der Waals surface area contributed by atoms with Crippen LogP contribution in [0, 0.1) is 13.8 Å². The van der Waals surface area contributed by atoms with Gasteiger partial charge in [0, 0.05) is 4.88 Å². The summed E-state index contributed by atoms with van der Waals surface area (Å²) in [5.74, 6) is 0.407. The second-order valence-electron chi connectivity index (χ2n) is 5.36. The molecule has 0 atom stereocenters. The first kappa shape index (κ1) is 15.5. The Morgan fingerprint density at radius 3 is 3.00 bits per heavy atom. The fourth-order valence-electron chi connectivity index (χ4n) is 2.25. The first-order chi connectivity index (χ1) is 11.0. The maximum Gasteiger partial charge on any atom is 0.230 e. The molecule has 1 aromatic carbocycles. The molecule has 0 bridgehead atoms. The quantitative estimate of drug-likeness (QED) is 0.906. The third-order valence-corrected chi connectivity index (χ3v) is 4.53. The number of rotatable bonds is 3. The van der Waals surface area contributed by atoms with Gasteiger partial charge in [-0.3, -0.25) is 9.59 Å². The molecule has 0 saturated carbocycles. The summed E-state index contributed by atoms with van der Waals surface area (Å²) < 4.78 is 5.50. The van der Waals surface area contributed by atoms with E-state index in [2.05, 4.69) is 15.6 Å². The number of benzene rings is 1. The molecule has 1 aromatic heterocycles. The molecule has 1 aliphatic rings. The predicted molar refractivity (Wildman–Crippen MR) is 89.1 cm³/mol. The Morgan fingerprint density at radius 2 is 2.26 bits per heavy atom. The van der Waals surface area contributed by atoms with Crippen molar-refractivity contribution in [2.24, 2.45) is 0 Å². The molecule has 1 aliphatic heterocycles. The monoisotopic (exact) mass is 331 g/mol. The van der Waals surface area contributed by atoms with Gasteiger partial charge in [0.2, 0.25) is 11.8 Å². The Bertz CT molecular complexity index is 750. The summed E-state index contributed by atoms with van der Waals surface area (Å²) in [4.78, 5) is 29.1. The van der Waals surface area contributed by atoms with Gasteiger partial charge < -0.3 is 15.4 Å². The number of aryl methyl sites for hydroxylation is 2. The standard InChI is InChI=1S/C16H17N3O3S/c1-9-10(2)23-16(17-9)19-15(21)8-11-3-4-13-12(7-11)18-14(20)5-6-22-13/h3-4,7H,5-6,8H2,1-2H3,(H,18,20)(H,17,19,21). The molecule has 2 amide bonds. The molecule has 2 heterocycles. The number of carbonyl (C=O) groups is 2. The number of hydrogen-bond donors (Lipinski definition) is 2. The molecule has 23 heavy (non-hydrogen) atoms. The largest absolute Gasteiger partial charge is 0.491 e. The van der Waals surface area contributed by atoms with Crippen LogP contribution in [0.4, 0.5) is 10.8 Å². The average molecular weight is 331 g/mol. The Morgan fingerprint density at radius 1 is 1.43 bits per heavy atom. The highest BCUT2D eigenvalue weighted by Crippen LogP contribution is 2.28. The molecule has 2 aromatic rings. The zero-order chi connectivity index (χ0) is 16.4. The minimum atomic E-state index is -0.139. The minimum absolute atomic E-state index is 0.0842. The number of thiazole rings is 1. The van der Waals surface area contributed by atoms with Gasteiger partial charge in [0.05, 0.1) is 30.8 Å². The van der Waals surface area contributed by atoms with Gasteiger partial charge >= 0.3 is 0 Å². The molecule has 6 nitrogen and oxygen atoms in total. The molecular weight excluding hydrogens is 314 g/mol. The smallest absolute Gasteiger partial charge is 0.230 e. The van der Waals surface area contributed by atoms with Gasteiger partial charge in [0.1, 0.15) is 5.75 Å². The van der Waals surface area contributed by atoms with Crippen LogP contribution < -0.4 is 15.4 Å². The summed E-state index contributed by atoms with van der Waals surface area (Å²) in [7, 11) is 0. The predicted octanol–water partition coefficient (Wildman–Crippen LogP) is 2.66. The number of amides is 2. The first-order valence-corrected chi connectivity index (χ1v) is 8.12. The lowest BCUT2D eigenvalue weighted by Gasteiger charge is -2.09. The number of fused-ring (bicyclic) bond motifs is 1. The molecule has 0 radical (unpaired) electrons. The summed E-state index contributed by atoms with van der Waals surface area (Å²) in [6.45, 7) is 4.25. The van der Waals surface area contributed by atoms with Crippen LogP contribution in [0.15, 0.2) is 18.2 Å². The van der Waals surface area contributed by atoms with E-state index in [1.807, 2.05) is 19.9 Å². The van der Waals surface area contributed by atoms with Crippen molar-refractivity contribution in [1.82, 2.24) is 4.98 Å². The highest BCUT2D eigenvalue weighted by atomic mass is 32.1.